The minimum Gasteiger partial charge on any atom is -0.507 e. The van der Waals surface area contributed by atoms with Crippen LogP contribution in [0.3, 0.4) is 0 Å². The Labute approximate surface area is 112 Å². The van der Waals surface area contributed by atoms with Crippen molar-refractivity contribution in [2.45, 2.75) is 6.92 Å². The summed E-state index contributed by atoms with van der Waals surface area (Å²) < 4.78 is 5.32. The number of amides is 1. The van der Waals surface area contributed by atoms with Crippen LogP contribution in [-0.2, 0) is 9.53 Å². The maximum absolute atomic E-state index is 11.6. The Morgan fingerprint density at radius 3 is 2.76 bits per heavy atom. The first kappa shape index (κ1) is 13.8. The lowest BCUT2D eigenvalue weighted by Gasteiger charge is -2.05. The minimum atomic E-state index is -0.490. The number of phenols is 1. The van der Waals surface area contributed by atoms with E-state index in [1.807, 2.05) is 22.6 Å². The molecule has 92 valence electrons. The molecule has 0 spiro atoms. The van der Waals surface area contributed by atoms with Gasteiger partial charge < -0.3 is 15.2 Å². The predicted molar refractivity (Wildman–Crippen MR) is 69.8 cm³/mol. The summed E-state index contributed by atoms with van der Waals surface area (Å²) in [6.07, 6.45) is 0. The first-order chi connectivity index (χ1) is 8.04. The van der Waals surface area contributed by atoms with Crippen LogP contribution in [0.2, 0.25) is 0 Å². The number of esters is 1. The smallest absolute Gasteiger partial charge is 0.325 e. The summed E-state index contributed by atoms with van der Waals surface area (Å²) in [5.41, 5.74) is 0.298. The van der Waals surface area contributed by atoms with Gasteiger partial charge in [0, 0.05) is 5.56 Å². The third kappa shape index (κ3) is 4.22. The molecule has 0 fully saturated rings. The maximum Gasteiger partial charge on any atom is 0.325 e. The van der Waals surface area contributed by atoms with Gasteiger partial charge in [-0.2, -0.15) is 0 Å². The molecule has 0 aliphatic heterocycles. The molecule has 0 aliphatic rings. The van der Waals surface area contributed by atoms with Crippen LogP contribution in [0.4, 0.5) is 0 Å². The van der Waals surface area contributed by atoms with Crippen molar-refractivity contribution >= 4 is 34.5 Å². The molecule has 2 N–H and O–H groups in total. The number of carbonyl (C=O) groups is 2. The molecule has 17 heavy (non-hydrogen) atoms. The molecule has 0 bridgehead atoms. The largest absolute Gasteiger partial charge is 0.507 e. The van der Waals surface area contributed by atoms with E-state index in [1.165, 1.54) is 6.07 Å². The van der Waals surface area contributed by atoms with Gasteiger partial charge in [0.1, 0.15) is 12.3 Å². The summed E-state index contributed by atoms with van der Waals surface area (Å²) in [6, 6.07) is 4.54. The van der Waals surface area contributed by atoms with Crippen LogP contribution in [0.5, 0.6) is 5.75 Å². The summed E-state index contributed by atoms with van der Waals surface area (Å²) in [5.74, 6) is -0.880. The highest BCUT2D eigenvalue weighted by atomic mass is 127. The number of hydrogen-bond acceptors (Lipinski definition) is 4. The molecule has 6 heteroatoms. The van der Waals surface area contributed by atoms with Crippen molar-refractivity contribution in [1.82, 2.24) is 5.32 Å². The molecule has 1 amide bonds. The number of nitrogens with one attached hydrogen (secondary N) is 1. The maximum atomic E-state index is 11.6. The number of rotatable bonds is 4. The van der Waals surface area contributed by atoms with Crippen LogP contribution in [0.25, 0.3) is 0 Å². The molecule has 0 heterocycles. The number of hydrogen-bond donors (Lipinski definition) is 2. The van der Waals surface area contributed by atoms with Gasteiger partial charge in [0.25, 0.3) is 5.91 Å². The standard InChI is InChI=1S/C11H12INO4/c1-2-17-10(15)6-13-11(16)7-3-4-8(12)9(14)5-7/h3-5,14H,2,6H2,1H3,(H,13,16). The molecular formula is C11H12INO4. The molecule has 1 aromatic carbocycles. The first-order valence-electron chi connectivity index (χ1n) is 4.97. The van der Waals surface area contributed by atoms with Crippen molar-refractivity contribution in [1.29, 1.82) is 0 Å². The lowest BCUT2D eigenvalue weighted by Crippen LogP contribution is -2.30. The van der Waals surface area contributed by atoms with Crippen LogP contribution in [-0.4, -0.2) is 30.1 Å². The average molecular weight is 349 g/mol. The molecule has 0 saturated heterocycles. The van der Waals surface area contributed by atoms with Gasteiger partial charge in [0.2, 0.25) is 0 Å². The van der Waals surface area contributed by atoms with E-state index >= 15 is 0 Å². The van der Waals surface area contributed by atoms with Gasteiger partial charge >= 0.3 is 5.97 Å². The molecular weight excluding hydrogens is 337 g/mol. The minimum absolute atomic E-state index is 0.0365. The highest BCUT2D eigenvalue weighted by molar-refractivity contribution is 14.1. The van der Waals surface area contributed by atoms with Crippen LogP contribution < -0.4 is 5.32 Å². The number of phenolic OH excluding ortho intramolecular Hbond substituents is 1. The monoisotopic (exact) mass is 349 g/mol. The second-order valence-electron chi connectivity index (χ2n) is 3.15. The SMILES string of the molecule is CCOC(=O)CNC(=O)c1ccc(I)c(O)c1. The van der Waals surface area contributed by atoms with Crippen molar-refractivity contribution in [3.05, 3.63) is 27.3 Å². The number of benzene rings is 1. The number of ether oxygens (including phenoxy) is 1. The van der Waals surface area contributed by atoms with E-state index in [4.69, 9.17) is 0 Å². The predicted octanol–water partition coefficient (Wildman–Crippen LogP) is 1.29. The fourth-order valence-corrected chi connectivity index (χ4v) is 1.46. The molecule has 1 rings (SSSR count). The molecule has 0 atom stereocenters. The van der Waals surface area contributed by atoms with E-state index in [9.17, 15) is 14.7 Å². The molecule has 0 aliphatic carbocycles. The third-order valence-electron chi connectivity index (χ3n) is 1.91. The number of carbonyl (C=O) groups excluding carboxylic acids is 2. The van der Waals surface area contributed by atoms with E-state index in [0.717, 1.165) is 0 Å². The van der Waals surface area contributed by atoms with E-state index in [-0.39, 0.29) is 18.9 Å². The summed E-state index contributed by atoms with van der Waals surface area (Å²) in [7, 11) is 0. The van der Waals surface area contributed by atoms with E-state index < -0.39 is 11.9 Å². The quantitative estimate of drug-likeness (QED) is 0.635. The highest BCUT2D eigenvalue weighted by Gasteiger charge is 2.10. The molecule has 0 radical (unpaired) electrons. The fraction of sp³-hybridized carbons (Fsp3) is 0.273. The van der Waals surface area contributed by atoms with Crippen LogP contribution >= 0.6 is 22.6 Å². The van der Waals surface area contributed by atoms with Crippen LogP contribution in [0, 0.1) is 3.57 Å². The van der Waals surface area contributed by atoms with E-state index in [2.05, 4.69) is 10.1 Å². The van der Waals surface area contributed by atoms with Crippen molar-refractivity contribution in [3.63, 3.8) is 0 Å². The lowest BCUT2D eigenvalue weighted by molar-refractivity contribution is -0.141. The van der Waals surface area contributed by atoms with Crippen molar-refractivity contribution in [2.75, 3.05) is 13.2 Å². The molecule has 1 aromatic rings. The Morgan fingerprint density at radius 1 is 1.47 bits per heavy atom. The Hall–Kier alpha value is -1.31. The zero-order valence-electron chi connectivity index (χ0n) is 9.20. The second kappa shape index (κ2) is 6.43. The first-order valence-corrected chi connectivity index (χ1v) is 6.04. The van der Waals surface area contributed by atoms with E-state index in [0.29, 0.717) is 9.13 Å². The highest BCUT2D eigenvalue weighted by Crippen LogP contribution is 2.20. The molecule has 0 saturated carbocycles. The average Bonchev–Trinajstić information content (AvgIpc) is 2.30. The number of aromatic hydroxyl groups is 1. The normalized spacial score (nSPS) is 9.76. The van der Waals surface area contributed by atoms with Gasteiger partial charge in [0.05, 0.1) is 10.2 Å². The van der Waals surface area contributed by atoms with Crippen molar-refractivity contribution in [3.8, 4) is 5.75 Å². The summed E-state index contributed by atoms with van der Waals surface area (Å²) >= 11 is 1.95. The number of halogens is 1. The Kier molecular flexibility index (Phi) is 5.20. The Morgan fingerprint density at radius 2 is 2.18 bits per heavy atom. The van der Waals surface area contributed by atoms with Gasteiger partial charge in [-0.15, -0.1) is 0 Å². The summed E-state index contributed by atoms with van der Waals surface area (Å²) in [5, 5.41) is 11.8. The topological polar surface area (TPSA) is 75.6 Å². The van der Waals surface area contributed by atoms with Crippen molar-refractivity contribution in [2.24, 2.45) is 0 Å². The fourth-order valence-electron chi connectivity index (χ4n) is 1.12. The Bertz CT molecular complexity index is 433. The van der Waals surface area contributed by atoms with Gasteiger partial charge in [0.15, 0.2) is 0 Å². The summed E-state index contributed by atoms with van der Waals surface area (Å²) in [4.78, 5) is 22.6. The molecule has 0 aromatic heterocycles. The van der Waals surface area contributed by atoms with Crippen LogP contribution in [0.1, 0.15) is 17.3 Å². The summed E-state index contributed by atoms with van der Waals surface area (Å²) in [6.45, 7) is 1.79. The van der Waals surface area contributed by atoms with Gasteiger partial charge in [-0.05, 0) is 47.7 Å². The molecule has 5 nitrogen and oxygen atoms in total. The van der Waals surface area contributed by atoms with Gasteiger partial charge in [-0.1, -0.05) is 0 Å². The Balaban J connectivity index is 2.58. The van der Waals surface area contributed by atoms with Gasteiger partial charge in [-0.3, -0.25) is 9.59 Å². The van der Waals surface area contributed by atoms with Crippen LogP contribution in [0.15, 0.2) is 18.2 Å². The lowest BCUT2D eigenvalue weighted by atomic mass is 10.2. The van der Waals surface area contributed by atoms with E-state index in [1.54, 1.807) is 19.1 Å². The second-order valence-corrected chi connectivity index (χ2v) is 4.32. The molecule has 0 unspecified atom stereocenters. The van der Waals surface area contributed by atoms with Crippen molar-refractivity contribution < 1.29 is 19.4 Å². The zero-order chi connectivity index (χ0) is 12.8. The zero-order valence-corrected chi connectivity index (χ0v) is 11.4. The van der Waals surface area contributed by atoms with Gasteiger partial charge in [-0.25, -0.2) is 0 Å². The third-order valence-corrected chi connectivity index (χ3v) is 2.82.